The Bertz CT molecular complexity index is 1340. The van der Waals surface area contributed by atoms with E-state index in [1.807, 2.05) is 24.3 Å². The SMILES string of the molecule is CCN1CCC[C@H]1COc1nc(C(=O)Nc2cc(O)cc3ccccc23)cc(N2CCN[C@@H](CC#N)C2)n1. The van der Waals surface area contributed by atoms with Crippen LogP contribution in [0.1, 0.15) is 36.7 Å². The van der Waals surface area contributed by atoms with Gasteiger partial charge in [0, 0.05) is 49.2 Å². The Hall–Kier alpha value is -3.94. The lowest BCUT2D eigenvalue weighted by molar-refractivity contribution is 0.102. The van der Waals surface area contributed by atoms with Crippen LogP contribution in [-0.2, 0) is 0 Å². The number of rotatable bonds is 8. The Labute approximate surface area is 222 Å². The minimum Gasteiger partial charge on any atom is -0.508 e. The van der Waals surface area contributed by atoms with Crippen molar-refractivity contribution in [1.82, 2.24) is 20.2 Å². The van der Waals surface area contributed by atoms with Gasteiger partial charge in [-0.3, -0.25) is 9.69 Å². The van der Waals surface area contributed by atoms with Crippen LogP contribution in [0.2, 0.25) is 0 Å². The van der Waals surface area contributed by atoms with Gasteiger partial charge in [0.25, 0.3) is 5.91 Å². The third-order valence-electron chi connectivity index (χ3n) is 7.25. The van der Waals surface area contributed by atoms with Crippen molar-refractivity contribution in [3.05, 3.63) is 48.2 Å². The molecule has 198 valence electrons. The van der Waals surface area contributed by atoms with Crippen LogP contribution in [-0.4, -0.2) is 77.3 Å². The molecule has 2 fully saturated rings. The Kier molecular flexibility index (Phi) is 7.86. The molecule has 0 radical (unpaired) electrons. The molecule has 0 unspecified atom stereocenters. The maximum absolute atomic E-state index is 13.5. The molecule has 0 aliphatic carbocycles. The predicted octanol–water partition coefficient (Wildman–Crippen LogP) is 3.14. The van der Waals surface area contributed by atoms with Crippen molar-refractivity contribution in [3.8, 4) is 17.8 Å². The van der Waals surface area contributed by atoms with Gasteiger partial charge in [-0.05, 0) is 37.4 Å². The lowest BCUT2D eigenvalue weighted by Crippen LogP contribution is -2.51. The van der Waals surface area contributed by atoms with Crippen molar-refractivity contribution in [2.45, 2.75) is 38.3 Å². The van der Waals surface area contributed by atoms with E-state index in [-0.39, 0.29) is 23.5 Å². The summed E-state index contributed by atoms with van der Waals surface area (Å²) in [5.74, 6) is 0.228. The zero-order valence-corrected chi connectivity index (χ0v) is 21.6. The van der Waals surface area contributed by atoms with E-state index in [0.29, 0.717) is 50.2 Å². The summed E-state index contributed by atoms with van der Waals surface area (Å²) in [4.78, 5) is 27.0. The molecule has 2 aliphatic rings. The molecule has 3 N–H and O–H groups in total. The second-order valence-corrected chi connectivity index (χ2v) is 9.76. The number of benzene rings is 2. The highest BCUT2D eigenvalue weighted by molar-refractivity contribution is 6.09. The lowest BCUT2D eigenvalue weighted by Gasteiger charge is -2.33. The predicted molar refractivity (Wildman–Crippen MR) is 146 cm³/mol. The highest BCUT2D eigenvalue weighted by atomic mass is 16.5. The third kappa shape index (κ3) is 5.79. The third-order valence-corrected chi connectivity index (χ3v) is 7.25. The average molecular weight is 516 g/mol. The van der Waals surface area contributed by atoms with Gasteiger partial charge in [-0.15, -0.1) is 0 Å². The monoisotopic (exact) mass is 515 g/mol. The van der Waals surface area contributed by atoms with Crippen LogP contribution in [0.15, 0.2) is 42.5 Å². The number of piperazine rings is 1. The number of fused-ring (bicyclic) bond motifs is 1. The van der Waals surface area contributed by atoms with E-state index < -0.39 is 5.91 Å². The molecular formula is C28H33N7O3. The largest absolute Gasteiger partial charge is 0.508 e. The molecule has 2 saturated heterocycles. The van der Waals surface area contributed by atoms with Crippen LogP contribution in [0.25, 0.3) is 10.8 Å². The fourth-order valence-corrected chi connectivity index (χ4v) is 5.29. The van der Waals surface area contributed by atoms with Crippen LogP contribution in [0.4, 0.5) is 11.5 Å². The zero-order valence-electron chi connectivity index (χ0n) is 21.6. The number of carbonyl (C=O) groups excluding carboxylic acids is 1. The normalized spacial score (nSPS) is 19.8. The summed E-state index contributed by atoms with van der Waals surface area (Å²) in [5, 5.41) is 27.3. The first-order valence-corrected chi connectivity index (χ1v) is 13.2. The number of phenolic OH excluding ortho intramolecular Hbond substituents is 1. The number of amides is 1. The zero-order chi connectivity index (χ0) is 26.5. The Morgan fingerprint density at radius 2 is 2.13 bits per heavy atom. The first-order valence-electron chi connectivity index (χ1n) is 13.2. The maximum atomic E-state index is 13.5. The summed E-state index contributed by atoms with van der Waals surface area (Å²) in [6.07, 6.45) is 2.58. The highest BCUT2D eigenvalue weighted by Crippen LogP contribution is 2.29. The van der Waals surface area contributed by atoms with E-state index in [1.54, 1.807) is 12.1 Å². The molecule has 3 aromatic rings. The summed E-state index contributed by atoms with van der Waals surface area (Å²) in [6, 6.07) is 15.1. The number of hydrogen-bond acceptors (Lipinski definition) is 9. The molecule has 0 saturated carbocycles. The van der Waals surface area contributed by atoms with Crippen LogP contribution in [0, 0.1) is 11.3 Å². The number of ether oxygens (including phenoxy) is 1. The second kappa shape index (κ2) is 11.6. The Balaban J connectivity index is 1.43. The number of likely N-dealkylation sites (tertiary alicyclic amines) is 1. The molecule has 1 amide bonds. The average Bonchev–Trinajstić information content (AvgIpc) is 3.40. The maximum Gasteiger partial charge on any atom is 0.319 e. The van der Waals surface area contributed by atoms with E-state index >= 15 is 0 Å². The van der Waals surface area contributed by atoms with Gasteiger partial charge >= 0.3 is 6.01 Å². The number of hydrogen-bond donors (Lipinski definition) is 3. The number of carbonyl (C=O) groups is 1. The van der Waals surface area contributed by atoms with E-state index in [9.17, 15) is 9.90 Å². The second-order valence-electron chi connectivity index (χ2n) is 9.76. The summed E-state index contributed by atoms with van der Waals surface area (Å²) in [7, 11) is 0. The van der Waals surface area contributed by atoms with Crippen LogP contribution in [0.3, 0.4) is 0 Å². The van der Waals surface area contributed by atoms with Crippen LogP contribution in [0.5, 0.6) is 11.8 Å². The van der Waals surface area contributed by atoms with Crippen molar-refractivity contribution in [3.63, 3.8) is 0 Å². The minimum absolute atomic E-state index is 0.0145. The molecule has 0 spiro atoms. The molecular weight excluding hydrogens is 482 g/mol. The van der Waals surface area contributed by atoms with Crippen molar-refractivity contribution < 1.29 is 14.6 Å². The number of phenols is 1. The minimum atomic E-state index is -0.422. The fourth-order valence-electron chi connectivity index (χ4n) is 5.29. The first kappa shape index (κ1) is 25.7. The first-order chi connectivity index (χ1) is 18.5. The van der Waals surface area contributed by atoms with Crippen molar-refractivity contribution >= 4 is 28.2 Å². The van der Waals surface area contributed by atoms with Crippen LogP contribution < -0.4 is 20.3 Å². The van der Waals surface area contributed by atoms with Gasteiger partial charge in [0.15, 0.2) is 0 Å². The van der Waals surface area contributed by atoms with E-state index in [4.69, 9.17) is 10.00 Å². The summed E-state index contributed by atoms with van der Waals surface area (Å²) < 4.78 is 6.08. The number of nitriles is 1. The molecule has 2 aromatic carbocycles. The number of likely N-dealkylation sites (N-methyl/N-ethyl adjacent to an activating group) is 1. The van der Waals surface area contributed by atoms with Gasteiger partial charge in [0.2, 0.25) is 0 Å². The summed E-state index contributed by atoms with van der Waals surface area (Å²) in [5.41, 5.74) is 0.667. The number of aromatic nitrogens is 2. The van der Waals surface area contributed by atoms with Gasteiger partial charge in [-0.2, -0.15) is 15.2 Å². The van der Waals surface area contributed by atoms with E-state index in [1.165, 1.54) is 6.07 Å². The number of anilines is 2. The number of nitrogens with zero attached hydrogens (tertiary/aromatic N) is 5. The molecule has 10 nitrogen and oxygen atoms in total. The molecule has 0 bridgehead atoms. The smallest absolute Gasteiger partial charge is 0.319 e. The topological polar surface area (TPSA) is 127 Å². The molecule has 2 atom stereocenters. The Morgan fingerprint density at radius 1 is 1.26 bits per heavy atom. The molecule has 38 heavy (non-hydrogen) atoms. The van der Waals surface area contributed by atoms with Crippen molar-refractivity contribution in [1.29, 1.82) is 5.26 Å². The van der Waals surface area contributed by atoms with Crippen molar-refractivity contribution in [2.24, 2.45) is 0 Å². The van der Waals surface area contributed by atoms with Gasteiger partial charge < -0.3 is 25.4 Å². The molecule has 10 heteroatoms. The van der Waals surface area contributed by atoms with Gasteiger partial charge in [0.1, 0.15) is 23.9 Å². The summed E-state index contributed by atoms with van der Waals surface area (Å²) in [6.45, 7) is 6.59. The number of aromatic hydroxyl groups is 1. The quantitative estimate of drug-likeness (QED) is 0.415. The molecule has 3 heterocycles. The van der Waals surface area contributed by atoms with Gasteiger partial charge in [-0.25, -0.2) is 0 Å². The van der Waals surface area contributed by atoms with E-state index in [2.05, 4.69) is 43.4 Å². The molecule has 5 rings (SSSR count). The van der Waals surface area contributed by atoms with Crippen LogP contribution >= 0.6 is 0 Å². The van der Waals surface area contributed by atoms with Crippen molar-refractivity contribution in [2.75, 3.05) is 49.5 Å². The Morgan fingerprint density at radius 3 is 2.97 bits per heavy atom. The highest BCUT2D eigenvalue weighted by Gasteiger charge is 2.26. The molecule has 1 aromatic heterocycles. The standard InChI is InChI=1S/C28H33N7O3/c1-2-34-12-5-7-21(34)18-38-28-32-25(16-26(33-28)35-13-11-30-20(17-35)9-10-29)27(37)31-24-15-22(36)14-19-6-3-4-8-23(19)24/h3-4,6,8,14-16,20-21,30,36H,2,5,7,9,11-13,17-18H2,1H3,(H,31,37)/t20-,21-/m0/s1. The van der Waals surface area contributed by atoms with Gasteiger partial charge in [0.05, 0.1) is 18.2 Å². The summed E-state index contributed by atoms with van der Waals surface area (Å²) >= 11 is 0. The van der Waals surface area contributed by atoms with E-state index in [0.717, 1.165) is 36.7 Å². The van der Waals surface area contributed by atoms with Gasteiger partial charge in [-0.1, -0.05) is 31.2 Å². The lowest BCUT2D eigenvalue weighted by atomic mass is 10.1. The molecule has 2 aliphatic heterocycles. The fraction of sp³-hybridized carbons (Fsp3) is 0.429. The number of nitrogens with one attached hydrogen (secondary N) is 2.